The van der Waals surface area contributed by atoms with Crippen molar-refractivity contribution in [2.24, 2.45) is 0 Å². The zero-order valence-corrected chi connectivity index (χ0v) is 12.5. The van der Waals surface area contributed by atoms with Crippen molar-refractivity contribution in [3.63, 3.8) is 0 Å². The summed E-state index contributed by atoms with van der Waals surface area (Å²) in [5, 5.41) is 6.61. The molecule has 0 atom stereocenters. The molecule has 4 aromatic carbocycles. The number of hydrogen-bond donors (Lipinski definition) is 0. The molecule has 4 rings (SSSR count). The maximum absolute atomic E-state index is 11.7. The van der Waals surface area contributed by atoms with Crippen LogP contribution in [0.2, 0.25) is 0 Å². The molecule has 0 saturated heterocycles. The van der Waals surface area contributed by atoms with E-state index in [1.165, 1.54) is 11.5 Å². The summed E-state index contributed by atoms with van der Waals surface area (Å²) in [7, 11) is 0. The predicted molar refractivity (Wildman–Crippen MR) is 94.8 cm³/mol. The highest BCUT2D eigenvalue weighted by Crippen LogP contribution is 2.39. The topological polar surface area (TPSA) is 26.3 Å². The summed E-state index contributed by atoms with van der Waals surface area (Å²) in [6.07, 6.45) is 1.18. The van der Waals surface area contributed by atoms with E-state index < -0.39 is 5.97 Å². The predicted octanol–water partition coefficient (Wildman–Crippen LogP) is 5.24. The molecule has 23 heavy (non-hydrogen) atoms. The van der Waals surface area contributed by atoms with E-state index in [0.717, 1.165) is 26.9 Å². The largest absolute Gasteiger partial charge is 0.423 e. The molecule has 110 valence electrons. The van der Waals surface area contributed by atoms with Gasteiger partial charge in [-0.15, -0.1) is 0 Å². The lowest BCUT2D eigenvalue weighted by Crippen LogP contribution is -2.03. The molecule has 0 aliphatic rings. The highest BCUT2D eigenvalue weighted by atomic mass is 16.5. The number of hydrogen-bond acceptors (Lipinski definition) is 2. The average molecular weight is 298 g/mol. The molecular weight excluding hydrogens is 284 g/mol. The quantitative estimate of drug-likeness (QED) is 0.219. The molecule has 2 heteroatoms. The van der Waals surface area contributed by atoms with E-state index in [1.807, 2.05) is 36.4 Å². The van der Waals surface area contributed by atoms with Gasteiger partial charge >= 0.3 is 5.97 Å². The lowest BCUT2D eigenvalue weighted by Gasteiger charge is -2.13. The Morgan fingerprint density at radius 1 is 0.739 bits per heavy atom. The van der Waals surface area contributed by atoms with Crippen LogP contribution in [0.4, 0.5) is 0 Å². The standard InChI is InChI=1S/C21H14O2/c1-2-20(22)23-19-13-7-12-18-16-9-4-3-8-14(16)15-10-5-6-11-17(15)21(18)19/h2-13H,1H2. The van der Waals surface area contributed by atoms with Crippen LogP contribution in [0, 0.1) is 0 Å². The van der Waals surface area contributed by atoms with Crippen LogP contribution < -0.4 is 4.74 Å². The van der Waals surface area contributed by atoms with Crippen LogP contribution in [0.1, 0.15) is 0 Å². The summed E-state index contributed by atoms with van der Waals surface area (Å²) in [5.74, 6) is 0.115. The first-order valence-electron chi connectivity index (χ1n) is 7.46. The van der Waals surface area contributed by atoms with Gasteiger partial charge in [-0.1, -0.05) is 67.2 Å². The smallest absolute Gasteiger partial charge is 0.335 e. The summed E-state index contributed by atoms with van der Waals surface area (Å²) >= 11 is 0. The van der Waals surface area contributed by atoms with Gasteiger partial charge in [-0.2, -0.15) is 0 Å². The van der Waals surface area contributed by atoms with E-state index in [0.29, 0.717) is 5.75 Å². The maximum Gasteiger partial charge on any atom is 0.335 e. The summed E-state index contributed by atoms with van der Waals surface area (Å²) < 4.78 is 5.48. The molecule has 0 unspecified atom stereocenters. The second-order valence-electron chi connectivity index (χ2n) is 5.40. The average Bonchev–Trinajstić information content (AvgIpc) is 2.62. The molecule has 0 N–H and O–H groups in total. The first kappa shape index (κ1) is 13.5. The highest BCUT2D eigenvalue weighted by molar-refractivity contribution is 6.26. The SMILES string of the molecule is C=CC(=O)Oc1cccc2c3ccccc3c3ccccc3c12. The fraction of sp³-hybridized carbons (Fsp3) is 0. The fourth-order valence-electron chi connectivity index (χ4n) is 3.16. The van der Waals surface area contributed by atoms with Crippen LogP contribution in [0.15, 0.2) is 79.4 Å². The Balaban J connectivity index is 2.23. The third-order valence-electron chi connectivity index (χ3n) is 4.11. The van der Waals surface area contributed by atoms with Crippen molar-refractivity contribution in [1.82, 2.24) is 0 Å². The molecular formula is C21H14O2. The minimum atomic E-state index is -0.449. The third-order valence-corrected chi connectivity index (χ3v) is 4.11. The molecule has 0 saturated carbocycles. The first-order valence-corrected chi connectivity index (χ1v) is 7.46. The van der Waals surface area contributed by atoms with E-state index >= 15 is 0 Å². The van der Waals surface area contributed by atoms with Crippen LogP contribution in [0.3, 0.4) is 0 Å². The highest BCUT2D eigenvalue weighted by Gasteiger charge is 2.13. The molecule has 2 nitrogen and oxygen atoms in total. The molecule has 0 bridgehead atoms. The van der Waals surface area contributed by atoms with Gasteiger partial charge in [0.2, 0.25) is 0 Å². The van der Waals surface area contributed by atoms with Crippen molar-refractivity contribution in [2.75, 3.05) is 0 Å². The van der Waals surface area contributed by atoms with Crippen LogP contribution in [-0.4, -0.2) is 5.97 Å². The number of benzene rings is 4. The minimum Gasteiger partial charge on any atom is -0.423 e. The van der Waals surface area contributed by atoms with Crippen molar-refractivity contribution in [2.45, 2.75) is 0 Å². The molecule has 0 heterocycles. The zero-order valence-electron chi connectivity index (χ0n) is 12.5. The third kappa shape index (κ3) is 2.08. The van der Waals surface area contributed by atoms with Crippen molar-refractivity contribution >= 4 is 38.3 Å². The van der Waals surface area contributed by atoms with E-state index in [2.05, 4.69) is 36.9 Å². The Kier molecular flexibility index (Phi) is 3.09. The lowest BCUT2D eigenvalue weighted by molar-refractivity contribution is -0.128. The Bertz CT molecular complexity index is 1030. The molecule has 0 spiro atoms. The van der Waals surface area contributed by atoms with E-state index in [1.54, 1.807) is 0 Å². The summed E-state index contributed by atoms with van der Waals surface area (Å²) in [5.41, 5.74) is 0. The number of rotatable bonds is 2. The molecule has 4 aromatic rings. The van der Waals surface area contributed by atoms with Gasteiger partial charge in [-0.05, 0) is 33.0 Å². The van der Waals surface area contributed by atoms with Crippen LogP contribution in [0.5, 0.6) is 5.75 Å². The lowest BCUT2D eigenvalue weighted by atomic mass is 9.94. The molecule has 0 aliphatic carbocycles. The zero-order chi connectivity index (χ0) is 15.8. The van der Waals surface area contributed by atoms with Crippen LogP contribution in [0.25, 0.3) is 32.3 Å². The Morgan fingerprint density at radius 3 is 1.78 bits per heavy atom. The van der Waals surface area contributed by atoms with Crippen LogP contribution >= 0.6 is 0 Å². The number of carbonyl (C=O) groups is 1. The van der Waals surface area contributed by atoms with Crippen LogP contribution in [-0.2, 0) is 4.79 Å². The van der Waals surface area contributed by atoms with E-state index in [4.69, 9.17) is 4.74 Å². The van der Waals surface area contributed by atoms with Crippen molar-refractivity contribution in [1.29, 1.82) is 0 Å². The molecule has 0 radical (unpaired) electrons. The Morgan fingerprint density at radius 2 is 1.22 bits per heavy atom. The van der Waals surface area contributed by atoms with Gasteiger partial charge in [0.25, 0.3) is 0 Å². The number of ether oxygens (including phenoxy) is 1. The molecule has 0 amide bonds. The second-order valence-corrected chi connectivity index (χ2v) is 5.40. The van der Waals surface area contributed by atoms with Gasteiger partial charge in [0.15, 0.2) is 0 Å². The monoisotopic (exact) mass is 298 g/mol. The van der Waals surface area contributed by atoms with E-state index in [9.17, 15) is 4.79 Å². The van der Waals surface area contributed by atoms with Gasteiger partial charge in [-0.25, -0.2) is 4.79 Å². The second kappa shape index (κ2) is 5.25. The van der Waals surface area contributed by atoms with E-state index in [-0.39, 0.29) is 0 Å². The summed E-state index contributed by atoms with van der Waals surface area (Å²) in [6, 6.07) is 22.3. The number of fused-ring (bicyclic) bond motifs is 6. The van der Waals surface area contributed by atoms with Crippen molar-refractivity contribution in [3.05, 3.63) is 79.4 Å². The van der Waals surface area contributed by atoms with Gasteiger partial charge in [0.05, 0.1) is 0 Å². The first-order chi connectivity index (χ1) is 11.3. The maximum atomic E-state index is 11.7. The summed E-state index contributed by atoms with van der Waals surface area (Å²) in [4.78, 5) is 11.7. The van der Waals surface area contributed by atoms with Gasteiger partial charge < -0.3 is 4.74 Å². The molecule has 0 aliphatic heterocycles. The number of carbonyl (C=O) groups excluding carboxylic acids is 1. The normalized spacial score (nSPS) is 11.0. The molecule has 0 aromatic heterocycles. The van der Waals surface area contributed by atoms with Gasteiger partial charge in [-0.3, -0.25) is 0 Å². The summed E-state index contributed by atoms with van der Waals surface area (Å²) in [6.45, 7) is 3.47. The van der Waals surface area contributed by atoms with Crippen molar-refractivity contribution in [3.8, 4) is 5.75 Å². The Labute approximate surface area is 133 Å². The molecule has 0 fully saturated rings. The fourth-order valence-corrected chi connectivity index (χ4v) is 3.16. The minimum absolute atomic E-state index is 0.449. The van der Waals surface area contributed by atoms with Gasteiger partial charge in [0.1, 0.15) is 5.75 Å². The van der Waals surface area contributed by atoms with Crippen molar-refractivity contribution < 1.29 is 9.53 Å². The Hall–Kier alpha value is -3.13. The number of esters is 1. The van der Waals surface area contributed by atoms with Gasteiger partial charge in [0, 0.05) is 11.5 Å².